The smallest absolute Gasteiger partial charge is 0.339 e. The molecule has 0 unspecified atom stereocenters. The molecule has 0 atom stereocenters. The van der Waals surface area contributed by atoms with Crippen LogP contribution in [0.15, 0.2) is 81.2 Å². The van der Waals surface area contributed by atoms with Gasteiger partial charge in [-0.2, -0.15) is 13.5 Å². The summed E-state index contributed by atoms with van der Waals surface area (Å²) < 4.78 is 36.3. The summed E-state index contributed by atoms with van der Waals surface area (Å²) in [5.41, 5.74) is 4.09. The van der Waals surface area contributed by atoms with Gasteiger partial charge in [0.25, 0.3) is 5.91 Å². The highest BCUT2D eigenvalue weighted by atomic mass is 79.9. The van der Waals surface area contributed by atoms with Crippen LogP contribution in [0.5, 0.6) is 11.5 Å². The lowest BCUT2D eigenvalue weighted by Gasteiger charge is -2.10. The van der Waals surface area contributed by atoms with Gasteiger partial charge >= 0.3 is 10.1 Å². The van der Waals surface area contributed by atoms with Crippen LogP contribution in [0.25, 0.3) is 0 Å². The average Bonchev–Trinajstić information content (AvgIpc) is 2.75. The number of ether oxygens (including phenoxy) is 1. The molecule has 0 aliphatic carbocycles. The Hall–Kier alpha value is -3.17. The van der Waals surface area contributed by atoms with Crippen molar-refractivity contribution in [1.29, 1.82) is 0 Å². The number of rotatable bonds is 7. The molecule has 3 aromatic rings. The van der Waals surface area contributed by atoms with Gasteiger partial charge in [0, 0.05) is 15.6 Å². The molecule has 1 N–H and O–H groups in total. The van der Waals surface area contributed by atoms with Crippen molar-refractivity contribution >= 4 is 38.2 Å². The first-order chi connectivity index (χ1) is 14.8. The Morgan fingerprint density at radius 3 is 2.35 bits per heavy atom. The molecule has 7 nitrogen and oxygen atoms in total. The van der Waals surface area contributed by atoms with Gasteiger partial charge in [-0.05, 0) is 61.5 Å². The van der Waals surface area contributed by atoms with E-state index in [9.17, 15) is 13.2 Å². The van der Waals surface area contributed by atoms with Crippen LogP contribution in [-0.2, 0) is 10.1 Å². The molecule has 0 radical (unpaired) electrons. The third-order valence-corrected chi connectivity index (χ3v) is 5.94. The molecule has 31 heavy (non-hydrogen) atoms. The normalized spacial score (nSPS) is 11.3. The summed E-state index contributed by atoms with van der Waals surface area (Å²) in [6, 6.07) is 17.6. The molecule has 1 amide bonds. The minimum atomic E-state index is -4.03. The lowest BCUT2D eigenvalue weighted by atomic mass is 10.2. The first-order valence-corrected chi connectivity index (χ1v) is 11.3. The van der Waals surface area contributed by atoms with Gasteiger partial charge in [0.1, 0.15) is 10.6 Å². The molecule has 0 saturated heterocycles. The Kier molecular flexibility index (Phi) is 7.09. The van der Waals surface area contributed by atoms with Gasteiger partial charge in [-0.3, -0.25) is 4.79 Å². The minimum absolute atomic E-state index is 0.0386. The van der Waals surface area contributed by atoms with Crippen LogP contribution in [0.2, 0.25) is 0 Å². The number of amides is 1. The SMILES string of the molecule is COc1ccc(C(=O)N/N=C\c2cc(Br)ccc2OS(=O)(=O)c2ccc(C)cc2)cc1. The van der Waals surface area contributed by atoms with Crippen LogP contribution in [0.4, 0.5) is 0 Å². The number of halogens is 1. The summed E-state index contributed by atoms with van der Waals surface area (Å²) in [6.07, 6.45) is 1.31. The van der Waals surface area contributed by atoms with E-state index in [0.29, 0.717) is 21.3 Å². The molecule has 0 aliphatic rings. The maximum atomic E-state index is 12.6. The zero-order valence-electron chi connectivity index (χ0n) is 16.7. The lowest BCUT2D eigenvalue weighted by Crippen LogP contribution is -2.17. The molecular weight excluding hydrogens is 484 g/mol. The number of nitrogens with one attached hydrogen (secondary N) is 1. The Labute approximate surface area is 189 Å². The zero-order valence-corrected chi connectivity index (χ0v) is 19.1. The number of benzene rings is 3. The Morgan fingerprint density at radius 2 is 1.71 bits per heavy atom. The van der Waals surface area contributed by atoms with E-state index < -0.39 is 16.0 Å². The van der Waals surface area contributed by atoms with Crippen molar-refractivity contribution in [3.05, 3.63) is 87.9 Å². The third kappa shape index (κ3) is 5.93. The molecule has 9 heteroatoms. The largest absolute Gasteiger partial charge is 0.497 e. The monoisotopic (exact) mass is 502 g/mol. The molecule has 3 rings (SSSR count). The summed E-state index contributed by atoms with van der Waals surface area (Å²) >= 11 is 3.33. The van der Waals surface area contributed by atoms with Gasteiger partial charge in [-0.1, -0.05) is 33.6 Å². The first-order valence-electron chi connectivity index (χ1n) is 9.06. The second-order valence-corrected chi connectivity index (χ2v) is 8.92. The first kappa shape index (κ1) is 22.5. The zero-order chi connectivity index (χ0) is 22.4. The highest BCUT2D eigenvalue weighted by Gasteiger charge is 2.18. The van der Waals surface area contributed by atoms with E-state index >= 15 is 0 Å². The number of aryl methyl sites for hydroxylation is 1. The van der Waals surface area contributed by atoms with Gasteiger partial charge in [0.05, 0.1) is 13.3 Å². The highest BCUT2D eigenvalue weighted by Crippen LogP contribution is 2.25. The molecule has 0 aliphatic heterocycles. The molecule has 0 spiro atoms. The van der Waals surface area contributed by atoms with E-state index in [4.69, 9.17) is 8.92 Å². The molecular formula is C22H19BrN2O5S. The number of carbonyl (C=O) groups is 1. The Balaban J connectivity index is 1.77. The molecule has 3 aromatic carbocycles. The summed E-state index contributed by atoms with van der Waals surface area (Å²) in [5.74, 6) is 0.278. The minimum Gasteiger partial charge on any atom is -0.497 e. The highest BCUT2D eigenvalue weighted by molar-refractivity contribution is 9.10. The van der Waals surface area contributed by atoms with Crippen molar-refractivity contribution < 1.29 is 22.1 Å². The van der Waals surface area contributed by atoms with Crippen molar-refractivity contribution in [1.82, 2.24) is 5.43 Å². The average molecular weight is 503 g/mol. The second-order valence-electron chi connectivity index (χ2n) is 6.46. The predicted octanol–water partition coefficient (Wildman–Crippen LogP) is 4.30. The van der Waals surface area contributed by atoms with E-state index in [-0.39, 0.29) is 10.6 Å². The van der Waals surface area contributed by atoms with Crippen LogP contribution in [0.1, 0.15) is 21.5 Å². The van der Waals surface area contributed by atoms with Crippen molar-refractivity contribution in [3.63, 3.8) is 0 Å². The van der Waals surface area contributed by atoms with Crippen LogP contribution >= 0.6 is 15.9 Å². The fourth-order valence-corrected chi connectivity index (χ4v) is 3.87. The topological polar surface area (TPSA) is 94.1 Å². The summed E-state index contributed by atoms with van der Waals surface area (Å²) in [4.78, 5) is 12.3. The summed E-state index contributed by atoms with van der Waals surface area (Å²) in [5, 5.41) is 3.93. The Morgan fingerprint density at radius 1 is 1.03 bits per heavy atom. The molecule has 160 valence electrons. The lowest BCUT2D eigenvalue weighted by molar-refractivity contribution is 0.0955. The molecule has 0 bridgehead atoms. The van der Waals surface area contributed by atoms with Gasteiger partial charge in [-0.15, -0.1) is 0 Å². The number of hydrazone groups is 1. The maximum absolute atomic E-state index is 12.6. The molecule has 0 aromatic heterocycles. The van der Waals surface area contributed by atoms with Gasteiger partial charge in [0.15, 0.2) is 5.75 Å². The molecule has 0 saturated carbocycles. The van der Waals surface area contributed by atoms with Crippen molar-refractivity contribution in [2.75, 3.05) is 7.11 Å². The van der Waals surface area contributed by atoms with E-state index in [1.165, 1.54) is 31.5 Å². The van der Waals surface area contributed by atoms with Crippen LogP contribution in [0.3, 0.4) is 0 Å². The second kappa shape index (κ2) is 9.76. The fraction of sp³-hybridized carbons (Fsp3) is 0.0909. The fourth-order valence-electron chi connectivity index (χ4n) is 2.53. The standard InChI is InChI=1S/C22H19BrN2O5S/c1-15-3-10-20(11-4-15)31(27,28)30-21-12-7-18(23)13-17(21)14-24-25-22(26)16-5-8-19(29-2)9-6-16/h3-14H,1-2H3,(H,25,26)/b24-14-. The van der Waals surface area contributed by atoms with E-state index in [1.54, 1.807) is 48.5 Å². The van der Waals surface area contributed by atoms with Gasteiger partial charge in [-0.25, -0.2) is 5.43 Å². The van der Waals surface area contributed by atoms with Crippen LogP contribution < -0.4 is 14.3 Å². The number of nitrogens with zero attached hydrogens (tertiary/aromatic N) is 1. The summed E-state index contributed by atoms with van der Waals surface area (Å²) in [6.45, 7) is 1.86. The maximum Gasteiger partial charge on any atom is 0.339 e. The Bertz CT molecular complexity index is 1210. The number of hydrogen-bond acceptors (Lipinski definition) is 6. The van der Waals surface area contributed by atoms with Crippen LogP contribution in [0, 0.1) is 6.92 Å². The number of hydrogen-bond donors (Lipinski definition) is 1. The van der Waals surface area contributed by atoms with E-state index in [0.717, 1.165) is 5.56 Å². The van der Waals surface area contributed by atoms with Gasteiger partial charge in [0.2, 0.25) is 0 Å². The van der Waals surface area contributed by atoms with Crippen molar-refractivity contribution in [2.45, 2.75) is 11.8 Å². The predicted molar refractivity (Wildman–Crippen MR) is 121 cm³/mol. The van der Waals surface area contributed by atoms with Crippen molar-refractivity contribution in [2.24, 2.45) is 5.10 Å². The molecule has 0 heterocycles. The van der Waals surface area contributed by atoms with Gasteiger partial charge < -0.3 is 8.92 Å². The third-order valence-electron chi connectivity index (χ3n) is 4.20. The van der Waals surface area contributed by atoms with Crippen LogP contribution in [-0.4, -0.2) is 27.6 Å². The van der Waals surface area contributed by atoms with E-state index in [2.05, 4.69) is 26.5 Å². The summed E-state index contributed by atoms with van der Waals surface area (Å²) in [7, 11) is -2.49. The number of carbonyl (C=O) groups excluding carboxylic acids is 1. The van der Waals surface area contributed by atoms with E-state index in [1.807, 2.05) is 6.92 Å². The quantitative estimate of drug-likeness (QED) is 0.295. The molecule has 0 fully saturated rings. The number of methoxy groups -OCH3 is 1. The van der Waals surface area contributed by atoms with Crippen molar-refractivity contribution in [3.8, 4) is 11.5 Å².